The minimum Gasteiger partial charge on any atom is -0.497 e. The molecule has 0 aliphatic heterocycles. The zero-order valence-corrected chi connectivity index (χ0v) is 14.1. The van der Waals surface area contributed by atoms with Gasteiger partial charge in [0.1, 0.15) is 5.75 Å². The van der Waals surface area contributed by atoms with E-state index in [2.05, 4.69) is 0 Å². The number of methoxy groups -OCH3 is 1. The number of carbonyl (C=O) groups is 1. The van der Waals surface area contributed by atoms with E-state index in [1.807, 2.05) is 12.1 Å². The van der Waals surface area contributed by atoms with Gasteiger partial charge in [-0.2, -0.15) is 4.31 Å². The molecule has 0 aliphatic rings. The Balaban J connectivity index is 2.24. The van der Waals surface area contributed by atoms with Crippen molar-refractivity contribution in [2.24, 2.45) is 0 Å². The molecule has 2 rings (SSSR count). The van der Waals surface area contributed by atoms with E-state index >= 15 is 0 Å². The molecule has 0 spiro atoms. The largest absolute Gasteiger partial charge is 0.497 e. The Hall–Kier alpha value is -2.18. The van der Waals surface area contributed by atoms with Gasteiger partial charge in [0, 0.05) is 19.2 Å². The Morgan fingerprint density at radius 3 is 2.35 bits per heavy atom. The molecule has 0 saturated carbocycles. The fraction of sp³-hybridized carbons (Fsp3) is 0.235. The van der Waals surface area contributed by atoms with Gasteiger partial charge in [-0.05, 0) is 36.8 Å². The lowest BCUT2D eigenvalue weighted by molar-refractivity contribution is 0.101. The molecule has 2 aromatic carbocycles. The van der Waals surface area contributed by atoms with Gasteiger partial charge in [0.25, 0.3) is 0 Å². The zero-order chi connectivity index (χ0) is 17.0. The van der Waals surface area contributed by atoms with E-state index in [9.17, 15) is 13.2 Å². The number of nitrogens with zero attached hydrogens (tertiary/aromatic N) is 1. The van der Waals surface area contributed by atoms with Crippen LogP contribution in [0, 0.1) is 0 Å². The van der Waals surface area contributed by atoms with Crippen molar-refractivity contribution in [3.63, 3.8) is 0 Å². The van der Waals surface area contributed by atoms with Crippen molar-refractivity contribution in [1.29, 1.82) is 0 Å². The van der Waals surface area contributed by atoms with Crippen LogP contribution in [0.4, 0.5) is 0 Å². The minimum atomic E-state index is -3.66. The van der Waals surface area contributed by atoms with E-state index in [0.717, 1.165) is 5.56 Å². The fourth-order valence-corrected chi connectivity index (χ4v) is 3.33. The Morgan fingerprint density at radius 1 is 1.13 bits per heavy atom. The van der Waals surface area contributed by atoms with Crippen molar-refractivity contribution in [2.45, 2.75) is 18.4 Å². The van der Waals surface area contributed by atoms with Crippen LogP contribution in [-0.2, 0) is 16.6 Å². The van der Waals surface area contributed by atoms with Crippen molar-refractivity contribution >= 4 is 15.8 Å². The Labute approximate surface area is 136 Å². The van der Waals surface area contributed by atoms with Gasteiger partial charge in [-0.25, -0.2) is 8.42 Å². The number of benzene rings is 2. The van der Waals surface area contributed by atoms with Gasteiger partial charge >= 0.3 is 0 Å². The second-order valence-electron chi connectivity index (χ2n) is 5.19. The number of Topliss-reactive ketones (excluding diaryl/α,β-unsaturated/α-hetero) is 1. The second-order valence-corrected chi connectivity index (χ2v) is 7.24. The van der Waals surface area contributed by atoms with E-state index in [4.69, 9.17) is 4.74 Å². The second kappa shape index (κ2) is 6.93. The highest BCUT2D eigenvalue weighted by Gasteiger charge is 2.21. The monoisotopic (exact) mass is 333 g/mol. The van der Waals surface area contributed by atoms with E-state index in [-0.39, 0.29) is 17.2 Å². The van der Waals surface area contributed by atoms with Crippen molar-refractivity contribution in [3.8, 4) is 5.75 Å². The summed E-state index contributed by atoms with van der Waals surface area (Å²) in [5, 5.41) is 0. The number of sulfonamides is 1. The van der Waals surface area contributed by atoms with Crippen LogP contribution in [0.1, 0.15) is 22.8 Å². The lowest BCUT2D eigenvalue weighted by Gasteiger charge is -2.18. The topological polar surface area (TPSA) is 63.7 Å². The lowest BCUT2D eigenvalue weighted by atomic mass is 10.2. The first-order valence-corrected chi connectivity index (χ1v) is 8.49. The molecule has 0 unspecified atom stereocenters. The summed E-state index contributed by atoms with van der Waals surface area (Å²) in [6.07, 6.45) is 0. The van der Waals surface area contributed by atoms with Gasteiger partial charge in [0.05, 0.1) is 12.0 Å². The molecule has 0 heterocycles. The summed E-state index contributed by atoms with van der Waals surface area (Å²) < 4.78 is 31.6. The highest BCUT2D eigenvalue weighted by atomic mass is 32.2. The molecule has 0 fully saturated rings. The third kappa shape index (κ3) is 3.97. The molecule has 0 aliphatic carbocycles. The van der Waals surface area contributed by atoms with Crippen LogP contribution in [0.5, 0.6) is 5.75 Å². The van der Waals surface area contributed by atoms with Gasteiger partial charge in [0.15, 0.2) is 5.78 Å². The zero-order valence-electron chi connectivity index (χ0n) is 13.3. The average Bonchev–Trinajstić information content (AvgIpc) is 2.55. The molecule has 0 aromatic heterocycles. The van der Waals surface area contributed by atoms with E-state index < -0.39 is 10.0 Å². The van der Waals surface area contributed by atoms with Crippen LogP contribution in [-0.4, -0.2) is 32.7 Å². The molecule has 6 heteroatoms. The molecule has 5 nitrogen and oxygen atoms in total. The molecule has 0 N–H and O–H groups in total. The summed E-state index contributed by atoms with van der Waals surface area (Å²) in [6, 6.07) is 13.3. The number of ketones is 1. The number of carbonyl (C=O) groups excluding carboxylic acids is 1. The Morgan fingerprint density at radius 2 is 1.78 bits per heavy atom. The number of ether oxygens (including phenoxy) is 1. The normalized spacial score (nSPS) is 11.5. The lowest BCUT2D eigenvalue weighted by Crippen LogP contribution is -2.26. The van der Waals surface area contributed by atoms with Crippen molar-refractivity contribution in [2.75, 3.05) is 14.2 Å². The highest BCUT2D eigenvalue weighted by Crippen LogP contribution is 2.19. The van der Waals surface area contributed by atoms with Crippen LogP contribution in [0.25, 0.3) is 0 Å². The highest BCUT2D eigenvalue weighted by molar-refractivity contribution is 7.89. The summed E-state index contributed by atoms with van der Waals surface area (Å²) in [6.45, 7) is 1.64. The van der Waals surface area contributed by atoms with Crippen LogP contribution in [0.2, 0.25) is 0 Å². The van der Waals surface area contributed by atoms with Gasteiger partial charge in [-0.15, -0.1) is 0 Å². The average molecular weight is 333 g/mol. The first-order chi connectivity index (χ1) is 10.8. The predicted octanol–water partition coefficient (Wildman–Crippen LogP) is 2.72. The first kappa shape index (κ1) is 17.2. The number of rotatable bonds is 6. The molecule has 0 atom stereocenters. The molecule has 0 amide bonds. The molecule has 0 bridgehead atoms. The van der Waals surface area contributed by atoms with Crippen molar-refractivity contribution in [3.05, 3.63) is 59.7 Å². The van der Waals surface area contributed by atoms with Gasteiger partial charge in [0.2, 0.25) is 10.0 Å². The Kier molecular flexibility index (Phi) is 5.18. The Bertz CT molecular complexity index is 798. The maximum Gasteiger partial charge on any atom is 0.243 e. The smallest absolute Gasteiger partial charge is 0.243 e. The molecule has 0 saturated heterocycles. The first-order valence-electron chi connectivity index (χ1n) is 7.05. The molecule has 23 heavy (non-hydrogen) atoms. The maximum absolute atomic E-state index is 12.6. The molecular formula is C17H19NO4S. The van der Waals surface area contributed by atoms with Crippen LogP contribution in [0.15, 0.2) is 53.4 Å². The van der Waals surface area contributed by atoms with E-state index in [1.54, 1.807) is 31.4 Å². The van der Waals surface area contributed by atoms with Crippen LogP contribution < -0.4 is 4.74 Å². The fourth-order valence-electron chi connectivity index (χ4n) is 2.13. The summed E-state index contributed by atoms with van der Waals surface area (Å²) in [5.74, 6) is 0.549. The van der Waals surface area contributed by atoms with Crippen LogP contribution >= 0.6 is 0 Å². The maximum atomic E-state index is 12.6. The summed E-state index contributed by atoms with van der Waals surface area (Å²) in [5.41, 5.74) is 1.23. The molecular weight excluding hydrogens is 314 g/mol. The number of hydrogen-bond donors (Lipinski definition) is 0. The van der Waals surface area contributed by atoms with Crippen molar-refractivity contribution in [1.82, 2.24) is 4.31 Å². The summed E-state index contributed by atoms with van der Waals surface area (Å²) in [4.78, 5) is 11.5. The van der Waals surface area contributed by atoms with Crippen LogP contribution in [0.3, 0.4) is 0 Å². The van der Waals surface area contributed by atoms with Crippen molar-refractivity contribution < 1.29 is 17.9 Å². The summed E-state index contributed by atoms with van der Waals surface area (Å²) in [7, 11) is -0.568. The third-order valence-corrected chi connectivity index (χ3v) is 5.31. The van der Waals surface area contributed by atoms with Gasteiger partial charge in [-0.1, -0.05) is 24.3 Å². The molecule has 122 valence electrons. The van der Waals surface area contributed by atoms with E-state index in [0.29, 0.717) is 11.3 Å². The quantitative estimate of drug-likeness (QED) is 0.763. The standard InChI is InChI=1S/C17H19NO4S/c1-13(19)15-5-4-6-17(11-15)23(20,21)18(2)12-14-7-9-16(22-3)10-8-14/h4-11H,12H2,1-3H3. The minimum absolute atomic E-state index is 0.112. The van der Waals surface area contributed by atoms with Gasteiger partial charge < -0.3 is 4.74 Å². The molecule has 2 aromatic rings. The predicted molar refractivity (Wildman–Crippen MR) is 88.1 cm³/mol. The third-order valence-electron chi connectivity index (χ3n) is 3.51. The SMILES string of the molecule is COc1ccc(CN(C)S(=O)(=O)c2cccc(C(C)=O)c2)cc1. The van der Waals surface area contributed by atoms with E-state index in [1.165, 1.54) is 30.4 Å². The summed E-state index contributed by atoms with van der Waals surface area (Å²) >= 11 is 0. The number of hydrogen-bond acceptors (Lipinski definition) is 4. The molecule has 0 radical (unpaired) electrons. The van der Waals surface area contributed by atoms with Gasteiger partial charge in [-0.3, -0.25) is 4.79 Å².